The summed E-state index contributed by atoms with van der Waals surface area (Å²) >= 11 is 0. The molecule has 7 heteroatoms. The smallest absolute Gasteiger partial charge is 0.227 e. The van der Waals surface area contributed by atoms with Crippen LogP contribution in [0.3, 0.4) is 0 Å². The van der Waals surface area contributed by atoms with Crippen molar-refractivity contribution in [2.24, 2.45) is 5.92 Å². The quantitative estimate of drug-likeness (QED) is 0.759. The Labute approximate surface area is 169 Å². The van der Waals surface area contributed by atoms with Crippen LogP contribution in [0.4, 0.5) is 5.69 Å². The SMILES string of the molecule is Cc1cccc(OCCNC(=O)[C@@H]2CC(=O)N(c3ccc4c(c3)OCCO4)C2)c1. The maximum absolute atomic E-state index is 12.5. The number of nitrogens with one attached hydrogen (secondary N) is 1. The molecular formula is C22H24N2O5. The van der Waals surface area contributed by atoms with Gasteiger partial charge in [0.25, 0.3) is 0 Å². The lowest BCUT2D eigenvalue weighted by atomic mass is 10.1. The van der Waals surface area contributed by atoms with E-state index in [2.05, 4.69) is 5.32 Å². The first-order valence-electron chi connectivity index (χ1n) is 9.77. The van der Waals surface area contributed by atoms with E-state index in [0.717, 1.165) is 17.0 Å². The first-order chi connectivity index (χ1) is 14.1. The van der Waals surface area contributed by atoms with Gasteiger partial charge in [0.1, 0.15) is 25.6 Å². The maximum Gasteiger partial charge on any atom is 0.227 e. The minimum Gasteiger partial charge on any atom is -0.492 e. The summed E-state index contributed by atoms with van der Waals surface area (Å²) in [4.78, 5) is 26.6. The minimum absolute atomic E-state index is 0.0714. The Morgan fingerprint density at radius 3 is 2.83 bits per heavy atom. The standard InChI is InChI=1S/C22H24N2O5/c1-15-3-2-4-18(11-15)27-8-7-23-22(26)16-12-21(25)24(14-16)17-5-6-19-20(13-17)29-10-9-28-19/h2-6,11,13,16H,7-10,12,14H2,1H3,(H,23,26)/t16-/m1/s1. The Morgan fingerprint density at radius 2 is 2.00 bits per heavy atom. The van der Waals surface area contributed by atoms with Crippen LogP contribution in [-0.2, 0) is 9.59 Å². The number of anilines is 1. The van der Waals surface area contributed by atoms with E-state index in [1.807, 2.05) is 37.3 Å². The Kier molecular flexibility index (Phi) is 5.55. The van der Waals surface area contributed by atoms with Crippen molar-refractivity contribution >= 4 is 17.5 Å². The van der Waals surface area contributed by atoms with Crippen LogP contribution in [0.15, 0.2) is 42.5 Å². The number of rotatable bonds is 6. The van der Waals surface area contributed by atoms with Crippen molar-refractivity contribution in [2.45, 2.75) is 13.3 Å². The number of carbonyl (C=O) groups is 2. The number of carbonyl (C=O) groups excluding carboxylic acids is 2. The maximum atomic E-state index is 12.5. The number of hydrogen-bond acceptors (Lipinski definition) is 5. The van der Waals surface area contributed by atoms with Gasteiger partial charge in [-0.3, -0.25) is 9.59 Å². The molecule has 2 aliphatic rings. The number of fused-ring (bicyclic) bond motifs is 1. The van der Waals surface area contributed by atoms with Crippen molar-refractivity contribution in [2.75, 3.05) is 37.8 Å². The minimum atomic E-state index is -0.380. The molecule has 29 heavy (non-hydrogen) atoms. The number of aryl methyl sites for hydroxylation is 1. The highest BCUT2D eigenvalue weighted by Crippen LogP contribution is 2.35. The van der Waals surface area contributed by atoms with Gasteiger partial charge in [0.15, 0.2) is 11.5 Å². The van der Waals surface area contributed by atoms with Crippen molar-refractivity contribution < 1.29 is 23.8 Å². The summed E-state index contributed by atoms with van der Waals surface area (Å²) in [5.41, 5.74) is 1.84. The summed E-state index contributed by atoms with van der Waals surface area (Å²) in [5.74, 6) is 1.50. The zero-order valence-corrected chi connectivity index (χ0v) is 16.3. The molecule has 2 heterocycles. The fourth-order valence-electron chi connectivity index (χ4n) is 3.53. The molecule has 2 aromatic rings. The third-order valence-corrected chi connectivity index (χ3v) is 4.99. The van der Waals surface area contributed by atoms with E-state index in [0.29, 0.717) is 44.4 Å². The van der Waals surface area contributed by atoms with Crippen LogP contribution < -0.4 is 24.4 Å². The van der Waals surface area contributed by atoms with E-state index in [1.54, 1.807) is 17.0 Å². The molecule has 1 saturated heterocycles. The van der Waals surface area contributed by atoms with Gasteiger partial charge in [0.05, 0.1) is 12.5 Å². The lowest BCUT2D eigenvalue weighted by Crippen LogP contribution is -2.35. The average Bonchev–Trinajstić information content (AvgIpc) is 3.12. The lowest BCUT2D eigenvalue weighted by Gasteiger charge is -2.22. The number of nitrogens with zero attached hydrogens (tertiary/aromatic N) is 1. The van der Waals surface area contributed by atoms with Crippen LogP contribution in [0.1, 0.15) is 12.0 Å². The van der Waals surface area contributed by atoms with E-state index in [9.17, 15) is 9.59 Å². The fourth-order valence-corrected chi connectivity index (χ4v) is 3.53. The van der Waals surface area contributed by atoms with Crippen molar-refractivity contribution in [1.29, 1.82) is 0 Å². The summed E-state index contributed by atoms with van der Waals surface area (Å²) < 4.78 is 16.7. The van der Waals surface area contributed by atoms with Gasteiger partial charge < -0.3 is 24.4 Å². The molecule has 7 nitrogen and oxygen atoms in total. The van der Waals surface area contributed by atoms with Crippen molar-refractivity contribution in [3.63, 3.8) is 0 Å². The van der Waals surface area contributed by atoms with Crippen LogP contribution in [0.25, 0.3) is 0 Å². The molecule has 0 saturated carbocycles. The van der Waals surface area contributed by atoms with Crippen molar-refractivity contribution in [1.82, 2.24) is 5.32 Å². The van der Waals surface area contributed by atoms with Crippen molar-refractivity contribution in [3.05, 3.63) is 48.0 Å². The van der Waals surface area contributed by atoms with Crippen LogP contribution in [0.2, 0.25) is 0 Å². The average molecular weight is 396 g/mol. The molecule has 0 spiro atoms. The molecule has 0 bridgehead atoms. The predicted octanol–water partition coefficient (Wildman–Crippen LogP) is 2.31. The lowest BCUT2D eigenvalue weighted by molar-refractivity contribution is -0.126. The predicted molar refractivity (Wildman–Crippen MR) is 108 cm³/mol. The molecule has 1 atom stereocenters. The number of amides is 2. The largest absolute Gasteiger partial charge is 0.492 e. The van der Waals surface area contributed by atoms with Gasteiger partial charge in [-0.15, -0.1) is 0 Å². The molecule has 4 rings (SSSR count). The fraction of sp³-hybridized carbons (Fsp3) is 0.364. The monoisotopic (exact) mass is 396 g/mol. The molecule has 0 radical (unpaired) electrons. The molecule has 0 unspecified atom stereocenters. The van der Waals surface area contributed by atoms with Gasteiger partial charge in [-0.2, -0.15) is 0 Å². The second kappa shape index (κ2) is 8.43. The summed E-state index contributed by atoms with van der Waals surface area (Å²) in [6, 6.07) is 13.2. The first-order valence-corrected chi connectivity index (χ1v) is 9.77. The Hall–Kier alpha value is -3.22. The molecular weight excluding hydrogens is 372 g/mol. The second-order valence-electron chi connectivity index (χ2n) is 7.19. The topological polar surface area (TPSA) is 77.1 Å². The van der Waals surface area contributed by atoms with Crippen LogP contribution in [0.5, 0.6) is 17.2 Å². The third-order valence-electron chi connectivity index (χ3n) is 4.99. The van der Waals surface area contributed by atoms with Gasteiger partial charge in [0, 0.05) is 24.7 Å². The highest BCUT2D eigenvalue weighted by atomic mass is 16.6. The summed E-state index contributed by atoms with van der Waals surface area (Å²) in [5, 5.41) is 2.86. The molecule has 152 valence electrons. The normalized spacial score (nSPS) is 17.9. The highest BCUT2D eigenvalue weighted by Gasteiger charge is 2.35. The van der Waals surface area contributed by atoms with Crippen LogP contribution in [0, 0.1) is 12.8 Å². The van der Waals surface area contributed by atoms with Crippen molar-refractivity contribution in [3.8, 4) is 17.2 Å². The van der Waals surface area contributed by atoms with Crippen LogP contribution in [-0.4, -0.2) is 44.7 Å². The van der Waals surface area contributed by atoms with E-state index in [4.69, 9.17) is 14.2 Å². The molecule has 2 aliphatic heterocycles. The van der Waals surface area contributed by atoms with E-state index < -0.39 is 0 Å². The van der Waals surface area contributed by atoms with Gasteiger partial charge in [-0.25, -0.2) is 0 Å². The molecule has 0 aliphatic carbocycles. The zero-order valence-electron chi connectivity index (χ0n) is 16.3. The van der Waals surface area contributed by atoms with Gasteiger partial charge >= 0.3 is 0 Å². The third kappa shape index (κ3) is 4.45. The number of ether oxygens (including phenoxy) is 3. The van der Waals surface area contributed by atoms with Gasteiger partial charge in [0.2, 0.25) is 11.8 Å². The first kappa shape index (κ1) is 19.1. The summed E-state index contributed by atoms with van der Waals surface area (Å²) in [6.45, 7) is 4.12. The zero-order chi connectivity index (χ0) is 20.2. The Bertz CT molecular complexity index is 914. The van der Waals surface area contributed by atoms with E-state index in [-0.39, 0.29) is 24.2 Å². The highest BCUT2D eigenvalue weighted by molar-refractivity contribution is 6.00. The van der Waals surface area contributed by atoms with E-state index >= 15 is 0 Å². The Morgan fingerprint density at radius 1 is 1.17 bits per heavy atom. The van der Waals surface area contributed by atoms with Gasteiger partial charge in [-0.05, 0) is 36.8 Å². The second-order valence-corrected chi connectivity index (χ2v) is 7.19. The molecule has 1 fully saturated rings. The summed E-state index contributed by atoms with van der Waals surface area (Å²) in [7, 11) is 0. The molecule has 2 aromatic carbocycles. The molecule has 2 amide bonds. The number of benzene rings is 2. The summed E-state index contributed by atoms with van der Waals surface area (Å²) in [6.07, 6.45) is 0.193. The van der Waals surface area contributed by atoms with Crippen LogP contribution >= 0.6 is 0 Å². The Balaban J connectivity index is 1.29. The molecule has 1 N–H and O–H groups in total. The van der Waals surface area contributed by atoms with Gasteiger partial charge in [-0.1, -0.05) is 12.1 Å². The number of hydrogen-bond donors (Lipinski definition) is 1. The molecule has 0 aromatic heterocycles. The van der Waals surface area contributed by atoms with E-state index in [1.165, 1.54) is 0 Å².